The molecule has 144 valence electrons. The van der Waals surface area contributed by atoms with E-state index in [0.29, 0.717) is 15.5 Å². The number of hydrogen-bond acceptors (Lipinski definition) is 4. The smallest absolute Gasteiger partial charge is 0.225 e. The second-order valence-electron chi connectivity index (χ2n) is 6.27. The Morgan fingerprint density at radius 1 is 1.11 bits per heavy atom. The Kier molecular flexibility index (Phi) is 4.95. The Morgan fingerprint density at radius 2 is 1.82 bits per heavy atom. The van der Waals surface area contributed by atoms with Crippen LogP contribution in [0.3, 0.4) is 0 Å². The number of thiophene rings is 1. The minimum atomic E-state index is -3.86. The molecule has 2 aromatic carbocycles. The van der Waals surface area contributed by atoms with Gasteiger partial charge in [-0.05, 0) is 42.0 Å². The van der Waals surface area contributed by atoms with E-state index in [1.165, 1.54) is 59.2 Å². The number of nitrogens with one attached hydrogen (secondary N) is 1. The summed E-state index contributed by atoms with van der Waals surface area (Å²) in [5.41, 5.74) is 0.832. The highest BCUT2D eigenvalue weighted by Gasteiger charge is 2.35. The molecule has 0 spiro atoms. The molecular weight excluding hydrogens is 444 g/mol. The first-order valence-electron chi connectivity index (χ1n) is 8.14. The maximum Gasteiger partial charge on any atom is 0.225 e. The van der Waals surface area contributed by atoms with E-state index in [9.17, 15) is 17.6 Å². The van der Waals surface area contributed by atoms with Crippen LogP contribution < -0.4 is 5.32 Å². The van der Waals surface area contributed by atoms with Crippen molar-refractivity contribution in [3.63, 3.8) is 0 Å². The fourth-order valence-corrected chi connectivity index (χ4v) is 6.50. The van der Waals surface area contributed by atoms with Gasteiger partial charge in [-0.3, -0.25) is 4.79 Å². The van der Waals surface area contributed by atoms with E-state index < -0.39 is 21.6 Å². The fourth-order valence-electron chi connectivity index (χ4n) is 3.18. The van der Waals surface area contributed by atoms with Gasteiger partial charge in [0.2, 0.25) is 15.7 Å². The van der Waals surface area contributed by atoms with Crippen molar-refractivity contribution in [3.05, 3.63) is 74.1 Å². The van der Waals surface area contributed by atoms with Gasteiger partial charge in [0, 0.05) is 32.6 Å². The van der Waals surface area contributed by atoms with Crippen LogP contribution in [0.15, 0.2) is 57.6 Å². The number of amides is 1. The molecule has 28 heavy (non-hydrogen) atoms. The Morgan fingerprint density at radius 3 is 2.50 bits per heavy atom. The van der Waals surface area contributed by atoms with E-state index >= 15 is 0 Å². The summed E-state index contributed by atoms with van der Waals surface area (Å²) in [6.07, 6.45) is 0.0965. The standard InChI is InChI=1S/C19H12Cl2FNO3S2/c20-10-1-4-12(5-2-10)28(25,26)16-9-27-19-14(8-17(24)23-18(16)19)13-6-3-11(22)7-15(13)21/h1-7,9,14H,8H2,(H,23,24). The number of rotatable bonds is 3. The third kappa shape index (κ3) is 3.33. The van der Waals surface area contributed by atoms with Crippen LogP contribution in [0, 0.1) is 5.82 Å². The molecule has 1 aliphatic rings. The molecule has 3 aromatic rings. The zero-order valence-corrected chi connectivity index (χ0v) is 17.2. The van der Waals surface area contributed by atoms with Gasteiger partial charge in [-0.2, -0.15) is 0 Å². The molecule has 9 heteroatoms. The number of anilines is 1. The molecule has 0 radical (unpaired) electrons. The zero-order chi connectivity index (χ0) is 20.1. The zero-order valence-electron chi connectivity index (χ0n) is 14.1. The van der Waals surface area contributed by atoms with Crippen LogP contribution in [-0.4, -0.2) is 14.3 Å². The molecule has 2 heterocycles. The highest BCUT2D eigenvalue weighted by molar-refractivity contribution is 7.91. The predicted molar refractivity (Wildman–Crippen MR) is 108 cm³/mol. The number of benzene rings is 2. The lowest BCUT2D eigenvalue weighted by Gasteiger charge is -2.24. The third-order valence-corrected chi connectivity index (χ3v) is 8.13. The van der Waals surface area contributed by atoms with Crippen molar-refractivity contribution >= 4 is 56.0 Å². The summed E-state index contributed by atoms with van der Waals surface area (Å²) in [5, 5.41) is 4.80. The number of sulfone groups is 1. The highest BCUT2D eigenvalue weighted by Crippen LogP contribution is 2.47. The van der Waals surface area contributed by atoms with E-state index in [-0.39, 0.29) is 32.8 Å². The topological polar surface area (TPSA) is 63.2 Å². The second-order valence-corrected chi connectivity index (χ2v) is 9.94. The maximum atomic E-state index is 13.4. The van der Waals surface area contributed by atoms with Crippen LogP contribution in [0.4, 0.5) is 10.1 Å². The van der Waals surface area contributed by atoms with Gasteiger partial charge in [-0.25, -0.2) is 12.8 Å². The van der Waals surface area contributed by atoms with Crippen molar-refractivity contribution in [2.45, 2.75) is 22.1 Å². The van der Waals surface area contributed by atoms with Crippen LogP contribution in [-0.2, 0) is 14.6 Å². The Balaban J connectivity index is 1.84. The van der Waals surface area contributed by atoms with E-state index in [4.69, 9.17) is 23.2 Å². The summed E-state index contributed by atoms with van der Waals surface area (Å²) >= 11 is 13.3. The molecule has 0 aliphatic carbocycles. The molecule has 0 fully saturated rings. The lowest BCUT2D eigenvalue weighted by Crippen LogP contribution is -2.23. The van der Waals surface area contributed by atoms with Crippen molar-refractivity contribution < 1.29 is 17.6 Å². The van der Waals surface area contributed by atoms with Crippen molar-refractivity contribution in [2.24, 2.45) is 0 Å². The van der Waals surface area contributed by atoms with Gasteiger partial charge in [0.05, 0.1) is 10.6 Å². The van der Waals surface area contributed by atoms with Crippen molar-refractivity contribution in [1.29, 1.82) is 0 Å². The summed E-state index contributed by atoms with van der Waals surface area (Å²) in [4.78, 5) is 13.1. The molecule has 1 atom stereocenters. The van der Waals surface area contributed by atoms with Gasteiger partial charge < -0.3 is 5.32 Å². The molecule has 0 bridgehead atoms. The molecule has 1 amide bonds. The quantitative estimate of drug-likeness (QED) is 0.566. The van der Waals surface area contributed by atoms with Crippen molar-refractivity contribution in [1.82, 2.24) is 0 Å². The molecule has 0 saturated carbocycles. The fraction of sp³-hybridized carbons (Fsp3) is 0.105. The summed E-state index contributed by atoms with van der Waals surface area (Å²) in [5.74, 6) is -1.26. The highest BCUT2D eigenvalue weighted by atomic mass is 35.5. The largest absolute Gasteiger partial charge is 0.324 e. The average Bonchev–Trinajstić information content (AvgIpc) is 3.06. The van der Waals surface area contributed by atoms with Gasteiger partial charge in [0.1, 0.15) is 10.7 Å². The van der Waals surface area contributed by atoms with E-state index in [1.54, 1.807) is 0 Å². The van der Waals surface area contributed by atoms with Crippen LogP contribution >= 0.6 is 34.5 Å². The van der Waals surface area contributed by atoms with Gasteiger partial charge >= 0.3 is 0 Å². The third-order valence-electron chi connectivity index (χ3n) is 4.51. The number of hydrogen-bond donors (Lipinski definition) is 1. The molecule has 1 aliphatic heterocycles. The SMILES string of the molecule is O=C1CC(c2ccc(F)cc2Cl)c2scc(S(=O)(=O)c3ccc(Cl)cc3)c2N1. The summed E-state index contributed by atoms with van der Waals surface area (Å²) in [6, 6.07) is 9.80. The average molecular weight is 456 g/mol. The number of halogens is 3. The van der Waals surface area contributed by atoms with Gasteiger partial charge in [-0.15, -0.1) is 11.3 Å². The van der Waals surface area contributed by atoms with Gasteiger partial charge in [0.15, 0.2) is 0 Å². The van der Waals surface area contributed by atoms with Crippen LogP contribution in [0.5, 0.6) is 0 Å². The molecule has 1 unspecified atom stereocenters. The van der Waals surface area contributed by atoms with E-state index in [2.05, 4.69) is 5.32 Å². The summed E-state index contributed by atoms with van der Waals surface area (Å²) < 4.78 is 39.6. The molecule has 4 rings (SSSR count). The molecule has 4 nitrogen and oxygen atoms in total. The number of fused-ring (bicyclic) bond motifs is 1. The molecular formula is C19H12Cl2FNO3S2. The van der Waals surface area contributed by atoms with Crippen LogP contribution in [0.1, 0.15) is 22.8 Å². The van der Waals surface area contributed by atoms with Crippen molar-refractivity contribution in [3.8, 4) is 0 Å². The normalized spacial score (nSPS) is 16.5. The number of carbonyl (C=O) groups is 1. The van der Waals surface area contributed by atoms with Gasteiger partial charge in [-0.1, -0.05) is 29.3 Å². The lowest BCUT2D eigenvalue weighted by molar-refractivity contribution is -0.116. The minimum absolute atomic E-state index is 0.0195. The van der Waals surface area contributed by atoms with Crippen LogP contribution in [0.25, 0.3) is 0 Å². The first-order valence-corrected chi connectivity index (χ1v) is 11.3. The van der Waals surface area contributed by atoms with Gasteiger partial charge in [0.25, 0.3) is 0 Å². The maximum absolute atomic E-state index is 13.4. The summed E-state index contributed by atoms with van der Waals surface area (Å²) in [7, 11) is -3.86. The lowest BCUT2D eigenvalue weighted by atomic mass is 9.90. The predicted octanol–water partition coefficient (Wildman–Crippen LogP) is 5.50. The van der Waals surface area contributed by atoms with E-state index in [1.807, 2.05) is 0 Å². The summed E-state index contributed by atoms with van der Waals surface area (Å²) in [6.45, 7) is 0. The molecule has 0 saturated heterocycles. The molecule has 1 N–H and O–H groups in total. The Hall–Kier alpha value is -1.93. The monoisotopic (exact) mass is 455 g/mol. The first-order chi connectivity index (χ1) is 13.3. The second kappa shape index (κ2) is 7.15. The Labute approximate surface area is 174 Å². The van der Waals surface area contributed by atoms with E-state index in [0.717, 1.165) is 0 Å². The molecule has 1 aromatic heterocycles. The van der Waals surface area contributed by atoms with Crippen LogP contribution in [0.2, 0.25) is 10.0 Å². The minimum Gasteiger partial charge on any atom is -0.324 e. The number of carbonyl (C=O) groups excluding carboxylic acids is 1. The first kappa shape index (κ1) is 19.4. The Bertz CT molecular complexity index is 1190. The van der Waals surface area contributed by atoms with Crippen molar-refractivity contribution in [2.75, 3.05) is 5.32 Å².